The van der Waals surface area contributed by atoms with Crippen LogP contribution < -0.4 is 5.32 Å². The summed E-state index contributed by atoms with van der Waals surface area (Å²) < 4.78 is 3.21. The van der Waals surface area contributed by atoms with Gasteiger partial charge in [0.1, 0.15) is 0 Å². The van der Waals surface area contributed by atoms with E-state index in [1.54, 1.807) is 0 Å². The van der Waals surface area contributed by atoms with Crippen molar-refractivity contribution in [2.24, 2.45) is 5.92 Å². The first-order valence-electron chi connectivity index (χ1n) is 6.46. The fourth-order valence-corrected chi connectivity index (χ4v) is 2.27. The second kappa shape index (κ2) is 6.55. The van der Waals surface area contributed by atoms with Crippen LogP contribution in [0.5, 0.6) is 0 Å². The summed E-state index contributed by atoms with van der Waals surface area (Å²) in [6, 6.07) is 0.535. The van der Waals surface area contributed by atoms with Crippen LogP contribution in [0.15, 0.2) is 4.47 Å². The summed E-state index contributed by atoms with van der Waals surface area (Å²) in [7, 11) is 0. The lowest BCUT2D eigenvalue weighted by Gasteiger charge is -2.20. The molecule has 0 fully saturated rings. The average molecular weight is 302 g/mol. The smallest absolute Gasteiger partial charge is 0.0739 e. The molecular formula is C13H24BrN3. The third kappa shape index (κ3) is 3.55. The van der Waals surface area contributed by atoms with Crippen molar-refractivity contribution in [2.75, 3.05) is 0 Å². The molecule has 4 heteroatoms. The van der Waals surface area contributed by atoms with Gasteiger partial charge in [-0.2, -0.15) is 5.10 Å². The predicted octanol–water partition coefficient (Wildman–Crippen LogP) is 3.50. The van der Waals surface area contributed by atoms with E-state index in [-0.39, 0.29) is 0 Å². The van der Waals surface area contributed by atoms with E-state index in [9.17, 15) is 0 Å². The summed E-state index contributed by atoms with van der Waals surface area (Å²) in [4.78, 5) is 0. The largest absolute Gasteiger partial charge is 0.308 e. The normalized spacial score (nSPS) is 14.9. The summed E-state index contributed by atoms with van der Waals surface area (Å²) in [6.07, 6.45) is 1.21. The predicted molar refractivity (Wildman–Crippen MR) is 76.1 cm³/mol. The lowest BCUT2D eigenvalue weighted by molar-refractivity contribution is 0.383. The molecule has 0 amide bonds. The third-order valence-electron chi connectivity index (χ3n) is 3.54. The van der Waals surface area contributed by atoms with E-state index < -0.39 is 0 Å². The molecule has 1 aromatic rings. The van der Waals surface area contributed by atoms with Gasteiger partial charge in [0.2, 0.25) is 0 Å². The number of hydrogen-bond acceptors (Lipinski definition) is 2. The Morgan fingerprint density at radius 1 is 1.35 bits per heavy atom. The molecule has 0 saturated carbocycles. The van der Waals surface area contributed by atoms with E-state index >= 15 is 0 Å². The van der Waals surface area contributed by atoms with Gasteiger partial charge in [-0.15, -0.1) is 0 Å². The van der Waals surface area contributed by atoms with Gasteiger partial charge in [0.05, 0.1) is 15.9 Å². The minimum Gasteiger partial charge on any atom is -0.308 e. The highest BCUT2D eigenvalue weighted by atomic mass is 79.9. The Hall–Kier alpha value is -0.350. The summed E-state index contributed by atoms with van der Waals surface area (Å²) >= 11 is 3.62. The topological polar surface area (TPSA) is 29.9 Å². The minimum absolute atomic E-state index is 0.535. The molecule has 0 bridgehead atoms. The second-order valence-electron chi connectivity index (χ2n) is 4.72. The molecule has 0 saturated heterocycles. The molecule has 1 aromatic heterocycles. The number of halogens is 1. The van der Waals surface area contributed by atoms with E-state index in [0.29, 0.717) is 12.0 Å². The summed E-state index contributed by atoms with van der Waals surface area (Å²) in [5, 5.41) is 8.09. The quantitative estimate of drug-likeness (QED) is 0.871. The molecule has 0 aliphatic rings. The molecule has 3 nitrogen and oxygen atoms in total. The van der Waals surface area contributed by atoms with Crippen LogP contribution in [0.2, 0.25) is 0 Å². The molecular weight excluding hydrogens is 278 g/mol. The third-order valence-corrected chi connectivity index (χ3v) is 4.57. The Kier molecular flexibility index (Phi) is 5.67. The highest BCUT2D eigenvalue weighted by Gasteiger charge is 2.14. The van der Waals surface area contributed by atoms with Crippen LogP contribution in [-0.4, -0.2) is 15.8 Å². The van der Waals surface area contributed by atoms with Gasteiger partial charge in [0.25, 0.3) is 0 Å². The van der Waals surface area contributed by atoms with Crippen LogP contribution in [0, 0.1) is 12.8 Å². The van der Waals surface area contributed by atoms with E-state index in [1.807, 2.05) is 6.92 Å². The fourth-order valence-electron chi connectivity index (χ4n) is 1.85. The highest BCUT2D eigenvalue weighted by molar-refractivity contribution is 9.10. The van der Waals surface area contributed by atoms with Crippen LogP contribution in [0.25, 0.3) is 0 Å². The van der Waals surface area contributed by atoms with E-state index in [1.165, 1.54) is 12.1 Å². The van der Waals surface area contributed by atoms with Gasteiger partial charge in [-0.3, -0.25) is 4.68 Å². The van der Waals surface area contributed by atoms with Crippen molar-refractivity contribution in [1.29, 1.82) is 0 Å². The first-order valence-corrected chi connectivity index (χ1v) is 7.25. The van der Waals surface area contributed by atoms with E-state index in [0.717, 1.165) is 23.3 Å². The van der Waals surface area contributed by atoms with Crippen molar-refractivity contribution < 1.29 is 0 Å². The summed E-state index contributed by atoms with van der Waals surface area (Å²) in [6.45, 7) is 12.7. The molecule has 0 radical (unpaired) electrons. The second-order valence-corrected chi connectivity index (χ2v) is 5.51. The zero-order valence-corrected chi connectivity index (χ0v) is 13.1. The number of rotatable bonds is 6. The molecule has 1 N–H and O–H groups in total. The lowest BCUT2D eigenvalue weighted by Crippen LogP contribution is -2.32. The van der Waals surface area contributed by atoms with Gasteiger partial charge < -0.3 is 5.32 Å². The lowest BCUT2D eigenvalue weighted by atomic mass is 10.0. The van der Waals surface area contributed by atoms with Crippen molar-refractivity contribution in [3.63, 3.8) is 0 Å². The Balaban J connectivity index is 2.68. The van der Waals surface area contributed by atoms with Crippen molar-refractivity contribution in [1.82, 2.24) is 15.1 Å². The van der Waals surface area contributed by atoms with Gasteiger partial charge in [-0.1, -0.05) is 20.3 Å². The number of nitrogens with zero attached hydrogens (tertiary/aromatic N) is 2. The first kappa shape index (κ1) is 14.7. The monoisotopic (exact) mass is 301 g/mol. The Labute approximate surface area is 113 Å². The zero-order valence-electron chi connectivity index (χ0n) is 11.5. The SMILES string of the molecule is CCC(C)C(C)NCc1c(Br)c(C)nn1CC. The molecule has 98 valence electrons. The molecule has 0 aliphatic heterocycles. The van der Waals surface area contributed by atoms with Crippen molar-refractivity contribution >= 4 is 15.9 Å². The van der Waals surface area contributed by atoms with Crippen molar-refractivity contribution in [2.45, 2.75) is 60.2 Å². The number of aromatic nitrogens is 2. The van der Waals surface area contributed by atoms with Crippen LogP contribution in [0.1, 0.15) is 45.5 Å². The summed E-state index contributed by atoms with van der Waals surface area (Å²) in [5.74, 6) is 0.702. The molecule has 0 spiro atoms. The number of aryl methyl sites for hydroxylation is 2. The van der Waals surface area contributed by atoms with Gasteiger partial charge in [-0.25, -0.2) is 0 Å². The van der Waals surface area contributed by atoms with Crippen molar-refractivity contribution in [3.8, 4) is 0 Å². The highest BCUT2D eigenvalue weighted by Crippen LogP contribution is 2.21. The minimum atomic E-state index is 0.535. The van der Waals surface area contributed by atoms with E-state index in [2.05, 4.69) is 58.7 Å². The maximum Gasteiger partial charge on any atom is 0.0739 e. The van der Waals surface area contributed by atoms with Gasteiger partial charge in [0, 0.05) is 19.1 Å². The molecule has 0 aliphatic carbocycles. The first-order chi connectivity index (χ1) is 8.01. The summed E-state index contributed by atoms with van der Waals surface area (Å²) in [5.41, 5.74) is 2.32. The fraction of sp³-hybridized carbons (Fsp3) is 0.769. The zero-order chi connectivity index (χ0) is 13.0. The number of hydrogen-bond donors (Lipinski definition) is 1. The van der Waals surface area contributed by atoms with Gasteiger partial charge >= 0.3 is 0 Å². The van der Waals surface area contributed by atoms with Gasteiger partial charge in [-0.05, 0) is 42.6 Å². The van der Waals surface area contributed by atoms with E-state index in [4.69, 9.17) is 0 Å². The average Bonchev–Trinajstić information content (AvgIpc) is 2.61. The molecule has 2 atom stereocenters. The molecule has 1 heterocycles. The maximum atomic E-state index is 4.50. The molecule has 0 aromatic carbocycles. The Morgan fingerprint density at radius 2 is 2.00 bits per heavy atom. The molecule has 1 rings (SSSR count). The van der Waals surface area contributed by atoms with Crippen LogP contribution in [-0.2, 0) is 13.1 Å². The van der Waals surface area contributed by atoms with Crippen molar-refractivity contribution in [3.05, 3.63) is 15.9 Å². The standard InChI is InChI=1S/C13H24BrN3/c1-6-9(3)10(4)15-8-12-13(14)11(5)16-17(12)7-2/h9-10,15H,6-8H2,1-5H3. The van der Waals surface area contributed by atoms with Crippen LogP contribution in [0.3, 0.4) is 0 Å². The van der Waals surface area contributed by atoms with Crippen LogP contribution in [0.4, 0.5) is 0 Å². The number of nitrogens with one attached hydrogen (secondary N) is 1. The Morgan fingerprint density at radius 3 is 2.53 bits per heavy atom. The van der Waals surface area contributed by atoms with Gasteiger partial charge in [0.15, 0.2) is 0 Å². The molecule has 2 unspecified atom stereocenters. The Bertz CT molecular complexity index is 360. The maximum absolute atomic E-state index is 4.50. The molecule has 17 heavy (non-hydrogen) atoms. The van der Waals surface area contributed by atoms with Crippen LogP contribution >= 0.6 is 15.9 Å².